The van der Waals surface area contributed by atoms with Gasteiger partial charge in [0.15, 0.2) is 0 Å². The summed E-state index contributed by atoms with van der Waals surface area (Å²) in [7, 11) is -0.368. The first-order chi connectivity index (χ1) is 8.77. The third kappa shape index (κ3) is 2.65. The zero-order chi connectivity index (χ0) is 14.3. The van der Waals surface area contributed by atoms with Crippen LogP contribution >= 0.6 is 0 Å². The van der Waals surface area contributed by atoms with Crippen LogP contribution in [0.4, 0.5) is 0 Å². The van der Waals surface area contributed by atoms with Crippen molar-refractivity contribution in [2.45, 2.75) is 52.7 Å². The normalized spacial score (nSPS) is 20.6. The van der Waals surface area contributed by atoms with Gasteiger partial charge in [-0.2, -0.15) is 0 Å². The van der Waals surface area contributed by atoms with Crippen molar-refractivity contribution in [3.8, 4) is 5.75 Å². The van der Waals surface area contributed by atoms with Crippen molar-refractivity contribution >= 4 is 12.6 Å². The van der Waals surface area contributed by atoms with Crippen LogP contribution in [0.1, 0.15) is 40.2 Å². The van der Waals surface area contributed by atoms with Crippen molar-refractivity contribution in [2.75, 3.05) is 6.61 Å². The molecule has 0 bridgehead atoms. The molecule has 19 heavy (non-hydrogen) atoms. The van der Waals surface area contributed by atoms with Gasteiger partial charge in [-0.05, 0) is 53.2 Å². The van der Waals surface area contributed by atoms with E-state index in [2.05, 4.69) is 40.7 Å². The first kappa shape index (κ1) is 14.4. The van der Waals surface area contributed by atoms with Crippen molar-refractivity contribution in [1.82, 2.24) is 0 Å². The minimum atomic E-state index is -0.368. The molecule has 0 spiro atoms. The van der Waals surface area contributed by atoms with Crippen molar-refractivity contribution in [3.63, 3.8) is 0 Å². The maximum Gasteiger partial charge on any atom is 0.498 e. The standard InChI is InChI=1S/C15H23BO3/c1-7-17-13-10-11(2)8-9-12(13)16-18-14(3,4)15(5,6)19-16/h8-10H,7H2,1-6H3. The zero-order valence-corrected chi connectivity index (χ0v) is 12.7. The average Bonchev–Trinajstić information content (AvgIpc) is 2.48. The fourth-order valence-corrected chi connectivity index (χ4v) is 2.09. The molecule has 0 aromatic heterocycles. The largest absolute Gasteiger partial charge is 0.498 e. The second-order valence-electron chi connectivity index (χ2n) is 6.06. The molecule has 1 aliphatic rings. The van der Waals surface area contributed by atoms with Crippen molar-refractivity contribution in [3.05, 3.63) is 23.8 Å². The summed E-state index contributed by atoms with van der Waals surface area (Å²) in [6, 6.07) is 6.12. The number of rotatable bonds is 3. The predicted octanol–water partition coefficient (Wildman–Crippen LogP) is 2.69. The van der Waals surface area contributed by atoms with Gasteiger partial charge in [0.2, 0.25) is 0 Å². The molecule has 0 N–H and O–H groups in total. The maximum absolute atomic E-state index is 6.07. The highest BCUT2D eigenvalue weighted by atomic mass is 16.7. The van der Waals surface area contributed by atoms with Gasteiger partial charge in [0.25, 0.3) is 0 Å². The fourth-order valence-electron chi connectivity index (χ4n) is 2.09. The van der Waals surface area contributed by atoms with E-state index in [0.717, 1.165) is 11.2 Å². The zero-order valence-electron chi connectivity index (χ0n) is 12.7. The summed E-state index contributed by atoms with van der Waals surface area (Å²) in [5.41, 5.74) is 1.48. The van der Waals surface area contributed by atoms with E-state index in [1.807, 2.05) is 19.1 Å². The molecule has 1 aromatic rings. The van der Waals surface area contributed by atoms with Gasteiger partial charge in [-0.15, -0.1) is 0 Å². The molecule has 1 aromatic carbocycles. The first-order valence-electron chi connectivity index (χ1n) is 6.86. The molecule has 0 radical (unpaired) electrons. The third-order valence-electron chi connectivity index (χ3n) is 3.98. The Balaban J connectivity index is 2.34. The summed E-state index contributed by atoms with van der Waals surface area (Å²) in [5.74, 6) is 0.848. The summed E-state index contributed by atoms with van der Waals surface area (Å²) in [6.07, 6.45) is 0. The molecule has 0 amide bonds. The summed E-state index contributed by atoms with van der Waals surface area (Å²) >= 11 is 0. The summed E-state index contributed by atoms with van der Waals surface area (Å²) in [5, 5.41) is 0. The highest BCUT2D eigenvalue weighted by Crippen LogP contribution is 2.37. The predicted molar refractivity (Wildman–Crippen MR) is 78.1 cm³/mol. The van der Waals surface area contributed by atoms with E-state index in [9.17, 15) is 0 Å². The van der Waals surface area contributed by atoms with E-state index < -0.39 is 0 Å². The van der Waals surface area contributed by atoms with E-state index in [1.165, 1.54) is 5.56 Å². The lowest BCUT2D eigenvalue weighted by molar-refractivity contribution is 0.00578. The molecule has 1 fully saturated rings. The van der Waals surface area contributed by atoms with Gasteiger partial charge < -0.3 is 14.0 Å². The lowest BCUT2D eigenvalue weighted by atomic mass is 9.78. The number of hydrogen-bond donors (Lipinski definition) is 0. The minimum absolute atomic E-state index is 0.327. The third-order valence-corrected chi connectivity index (χ3v) is 3.98. The van der Waals surface area contributed by atoms with Crippen LogP contribution in [0.5, 0.6) is 5.75 Å². The van der Waals surface area contributed by atoms with Crippen LogP contribution in [-0.4, -0.2) is 24.9 Å². The molecule has 2 rings (SSSR count). The Morgan fingerprint density at radius 2 is 1.68 bits per heavy atom. The lowest BCUT2D eigenvalue weighted by Gasteiger charge is -2.32. The highest BCUT2D eigenvalue weighted by Gasteiger charge is 2.52. The molecular weight excluding hydrogens is 239 g/mol. The molecule has 0 atom stereocenters. The Labute approximate surface area is 116 Å². The van der Waals surface area contributed by atoms with Crippen molar-refractivity contribution in [2.24, 2.45) is 0 Å². The van der Waals surface area contributed by atoms with Crippen molar-refractivity contribution < 1.29 is 14.0 Å². The van der Waals surface area contributed by atoms with E-state index in [-0.39, 0.29) is 18.3 Å². The lowest BCUT2D eigenvalue weighted by Crippen LogP contribution is -2.41. The van der Waals surface area contributed by atoms with Gasteiger partial charge in [-0.1, -0.05) is 12.1 Å². The van der Waals surface area contributed by atoms with Gasteiger partial charge in [0, 0.05) is 5.46 Å². The first-order valence-corrected chi connectivity index (χ1v) is 6.86. The molecule has 1 heterocycles. The smallest absolute Gasteiger partial charge is 0.494 e. The Morgan fingerprint density at radius 1 is 1.11 bits per heavy atom. The molecule has 1 aliphatic heterocycles. The van der Waals surface area contributed by atoms with Gasteiger partial charge in [0.05, 0.1) is 17.8 Å². The van der Waals surface area contributed by atoms with Crippen LogP contribution in [0, 0.1) is 6.92 Å². The van der Waals surface area contributed by atoms with E-state index in [1.54, 1.807) is 0 Å². The number of hydrogen-bond acceptors (Lipinski definition) is 3. The average molecular weight is 262 g/mol. The molecule has 0 saturated carbocycles. The van der Waals surface area contributed by atoms with Gasteiger partial charge in [-0.3, -0.25) is 0 Å². The Bertz CT molecular complexity index is 452. The number of benzene rings is 1. The molecule has 4 heteroatoms. The number of aryl methyl sites for hydroxylation is 1. The second-order valence-corrected chi connectivity index (χ2v) is 6.06. The topological polar surface area (TPSA) is 27.7 Å². The van der Waals surface area contributed by atoms with Crippen LogP contribution in [0.3, 0.4) is 0 Å². The maximum atomic E-state index is 6.07. The highest BCUT2D eigenvalue weighted by molar-refractivity contribution is 6.63. The van der Waals surface area contributed by atoms with Crippen LogP contribution in [0.2, 0.25) is 0 Å². The van der Waals surface area contributed by atoms with Crippen molar-refractivity contribution in [1.29, 1.82) is 0 Å². The van der Waals surface area contributed by atoms with Crippen LogP contribution in [0.25, 0.3) is 0 Å². The quantitative estimate of drug-likeness (QED) is 0.784. The molecular formula is C15H23BO3. The van der Waals surface area contributed by atoms with E-state index >= 15 is 0 Å². The summed E-state index contributed by atoms with van der Waals surface area (Å²) < 4.78 is 17.9. The van der Waals surface area contributed by atoms with Gasteiger partial charge in [0.1, 0.15) is 5.75 Å². The molecule has 1 saturated heterocycles. The fraction of sp³-hybridized carbons (Fsp3) is 0.600. The van der Waals surface area contributed by atoms with E-state index in [4.69, 9.17) is 14.0 Å². The Hall–Kier alpha value is -0.995. The Morgan fingerprint density at radius 3 is 2.21 bits per heavy atom. The van der Waals surface area contributed by atoms with Gasteiger partial charge >= 0.3 is 7.12 Å². The Kier molecular flexibility index (Phi) is 3.67. The SMILES string of the molecule is CCOc1cc(C)ccc1B1OC(C)(C)C(C)(C)O1. The molecule has 0 unspecified atom stereocenters. The molecule has 104 valence electrons. The summed E-state index contributed by atoms with van der Waals surface area (Å²) in [6.45, 7) is 12.9. The molecule has 3 nitrogen and oxygen atoms in total. The molecule has 0 aliphatic carbocycles. The second kappa shape index (κ2) is 4.84. The summed E-state index contributed by atoms with van der Waals surface area (Å²) in [4.78, 5) is 0. The van der Waals surface area contributed by atoms with Crippen LogP contribution in [0.15, 0.2) is 18.2 Å². The van der Waals surface area contributed by atoms with Gasteiger partial charge in [-0.25, -0.2) is 0 Å². The monoisotopic (exact) mass is 262 g/mol. The number of ether oxygens (including phenoxy) is 1. The van der Waals surface area contributed by atoms with Crippen LogP contribution < -0.4 is 10.2 Å². The van der Waals surface area contributed by atoms with Crippen LogP contribution in [-0.2, 0) is 9.31 Å². The van der Waals surface area contributed by atoms with E-state index in [0.29, 0.717) is 6.61 Å². The minimum Gasteiger partial charge on any atom is -0.494 e.